The Hall–Kier alpha value is -2.87. The number of piperazine rings is 1. The number of aromatic nitrogens is 2. The lowest BCUT2D eigenvalue weighted by Crippen LogP contribution is -2.50. The highest BCUT2D eigenvalue weighted by Gasteiger charge is 2.33. The molecule has 8 nitrogen and oxygen atoms in total. The van der Waals surface area contributed by atoms with Crippen LogP contribution in [0.1, 0.15) is 47.6 Å². The molecule has 5 rings (SSSR count). The number of amides is 2. The molecule has 8 heteroatoms. The van der Waals surface area contributed by atoms with Crippen LogP contribution in [0.25, 0.3) is 0 Å². The van der Waals surface area contributed by atoms with Crippen molar-refractivity contribution < 1.29 is 14.3 Å². The molecular weight excluding hydrogens is 430 g/mol. The molecular formula is C26H35N5O3. The third-order valence-corrected chi connectivity index (χ3v) is 7.29. The molecule has 2 amide bonds. The van der Waals surface area contributed by atoms with E-state index in [2.05, 4.69) is 36.1 Å². The SMILES string of the molecule is Cc1ccccc1N1CCN(C(=O)Cn2nc(C(=O)N3C[C@@H](C)O[C@@H](C)C3)c3c2CCC3)CC1. The van der Waals surface area contributed by atoms with E-state index in [4.69, 9.17) is 9.84 Å². The number of hydrogen-bond acceptors (Lipinski definition) is 5. The second-order valence-corrected chi connectivity index (χ2v) is 9.91. The molecule has 1 aliphatic carbocycles. The maximum atomic E-state index is 13.3. The summed E-state index contributed by atoms with van der Waals surface area (Å²) in [6.07, 6.45) is 2.77. The van der Waals surface area contributed by atoms with Crippen LogP contribution < -0.4 is 4.90 Å². The number of anilines is 1. The van der Waals surface area contributed by atoms with Gasteiger partial charge in [0.15, 0.2) is 5.69 Å². The van der Waals surface area contributed by atoms with Crippen molar-refractivity contribution in [3.05, 3.63) is 46.8 Å². The lowest BCUT2D eigenvalue weighted by atomic mass is 10.1. The van der Waals surface area contributed by atoms with E-state index >= 15 is 0 Å². The van der Waals surface area contributed by atoms with Crippen LogP contribution in [0.4, 0.5) is 5.69 Å². The minimum absolute atomic E-state index is 0.0164. The summed E-state index contributed by atoms with van der Waals surface area (Å²) >= 11 is 0. The Balaban J connectivity index is 1.26. The Kier molecular flexibility index (Phi) is 6.34. The van der Waals surface area contributed by atoms with E-state index in [0.29, 0.717) is 31.9 Å². The molecule has 34 heavy (non-hydrogen) atoms. The average molecular weight is 466 g/mol. The first-order chi connectivity index (χ1) is 16.4. The molecule has 1 aromatic carbocycles. The number of carbonyl (C=O) groups is 2. The Labute approximate surface area is 201 Å². The molecule has 2 fully saturated rings. The standard InChI is InChI=1S/C26H35N5O3/c1-18-7-4-5-9-22(18)28-11-13-29(14-12-28)24(32)17-31-23-10-6-8-21(23)25(27-31)26(33)30-15-19(2)34-20(3)16-30/h4-5,7,9,19-20H,6,8,10-17H2,1-3H3/t19-,20+. The molecule has 0 bridgehead atoms. The van der Waals surface area contributed by atoms with Crippen LogP contribution in [0.2, 0.25) is 0 Å². The summed E-state index contributed by atoms with van der Waals surface area (Å²) in [6.45, 7) is 10.5. The maximum absolute atomic E-state index is 13.3. The summed E-state index contributed by atoms with van der Waals surface area (Å²) in [7, 11) is 0. The van der Waals surface area contributed by atoms with Crippen molar-refractivity contribution >= 4 is 17.5 Å². The van der Waals surface area contributed by atoms with E-state index in [1.165, 1.54) is 11.3 Å². The molecule has 0 spiro atoms. The van der Waals surface area contributed by atoms with Gasteiger partial charge in [0.05, 0.1) is 12.2 Å². The molecule has 182 valence electrons. The number of para-hydroxylation sites is 1. The molecule has 3 aliphatic rings. The molecule has 3 heterocycles. The van der Waals surface area contributed by atoms with Crippen molar-refractivity contribution in [1.82, 2.24) is 19.6 Å². The van der Waals surface area contributed by atoms with Gasteiger partial charge in [0.2, 0.25) is 5.91 Å². The van der Waals surface area contributed by atoms with Crippen LogP contribution in [0.5, 0.6) is 0 Å². The Bertz CT molecular complexity index is 1060. The largest absolute Gasteiger partial charge is 0.372 e. The fraction of sp³-hybridized carbons (Fsp3) is 0.577. The molecule has 2 atom stereocenters. The number of carbonyl (C=O) groups excluding carboxylic acids is 2. The number of nitrogens with zero attached hydrogens (tertiary/aromatic N) is 5. The van der Waals surface area contributed by atoms with Crippen molar-refractivity contribution in [3.63, 3.8) is 0 Å². The van der Waals surface area contributed by atoms with Crippen molar-refractivity contribution in [2.24, 2.45) is 0 Å². The molecule has 2 saturated heterocycles. The highest BCUT2D eigenvalue weighted by molar-refractivity contribution is 5.94. The lowest BCUT2D eigenvalue weighted by Gasteiger charge is -2.36. The number of fused-ring (bicyclic) bond motifs is 1. The number of benzene rings is 1. The third-order valence-electron chi connectivity index (χ3n) is 7.29. The molecule has 0 radical (unpaired) electrons. The van der Waals surface area contributed by atoms with E-state index in [9.17, 15) is 9.59 Å². The van der Waals surface area contributed by atoms with Crippen LogP contribution in [0.15, 0.2) is 24.3 Å². The fourth-order valence-corrected chi connectivity index (χ4v) is 5.65. The lowest BCUT2D eigenvalue weighted by molar-refractivity contribution is -0.132. The number of morpholine rings is 1. The first-order valence-corrected chi connectivity index (χ1v) is 12.5. The van der Waals surface area contributed by atoms with E-state index in [1.54, 1.807) is 4.68 Å². The van der Waals surface area contributed by atoms with Gasteiger partial charge in [0, 0.05) is 56.2 Å². The summed E-state index contributed by atoms with van der Waals surface area (Å²) in [5, 5.41) is 4.69. The number of aryl methyl sites for hydroxylation is 1. The minimum atomic E-state index is -0.0294. The van der Waals surface area contributed by atoms with Gasteiger partial charge in [-0.15, -0.1) is 0 Å². The number of rotatable bonds is 4. The van der Waals surface area contributed by atoms with Gasteiger partial charge in [-0.05, 0) is 51.7 Å². The monoisotopic (exact) mass is 465 g/mol. The number of ether oxygens (including phenoxy) is 1. The van der Waals surface area contributed by atoms with Crippen molar-refractivity contribution in [3.8, 4) is 0 Å². The zero-order chi connectivity index (χ0) is 23.8. The minimum Gasteiger partial charge on any atom is -0.372 e. The second kappa shape index (κ2) is 9.41. The van der Waals surface area contributed by atoms with Gasteiger partial charge >= 0.3 is 0 Å². The molecule has 0 N–H and O–H groups in total. The highest BCUT2D eigenvalue weighted by Crippen LogP contribution is 2.27. The first-order valence-electron chi connectivity index (χ1n) is 12.5. The first kappa shape index (κ1) is 22.9. The van der Waals surface area contributed by atoms with Crippen LogP contribution >= 0.6 is 0 Å². The predicted molar refractivity (Wildman–Crippen MR) is 130 cm³/mol. The van der Waals surface area contributed by atoms with Gasteiger partial charge in [-0.1, -0.05) is 18.2 Å². The Morgan fingerprint density at radius 1 is 1.00 bits per heavy atom. The van der Waals surface area contributed by atoms with Crippen LogP contribution in [0.3, 0.4) is 0 Å². The third kappa shape index (κ3) is 4.43. The smallest absolute Gasteiger partial charge is 0.274 e. The second-order valence-electron chi connectivity index (χ2n) is 9.91. The summed E-state index contributed by atoms with van der Waals surface area (Å²) in [6, 6.07) is 8.40. The topological polar surface area (TPSA) is 70.9 Å². The van der Waals surface area contributed by atoms with Crippen LogP contribution in [0, 0.1) is 6.92 Å². The van der Waals surface area contributed by atoms with Crippen molar-refractivity contribution in [2.75, 3.05) is 44.2 Å². The van der Waals surface area contributed by atoms with Gasteiger partial charge in [-0.3, -0.25) is 14.3 Å². The van der Waals surface area contributed by atoms with E-state index in [1.807, 2.05) is 23.6 Å². The van der Waals surface area contributed by atoms with Gasteiger partial charge in [-0.2, -0.15) is 5.10 Å². The van der Waals surface area contributed by atoms with Crippen molar-refractivity contribution in [2.45, 2.75) is 58.8 Å². The number of hydrogen-bond donors (Lipinski definition) is 0. The molecule has 2 aliphatic heterocycles. The Morgan fingerprint density at radius 2 is 1.71 bits per heavy atom. The summed E-state index contributed by atoms with van der Waals surface area (Å²) in [5.74, 6) is 0.0486. The van der Waals surface area contributed by atoms with Gasteiger partial charge in [0.25, 0.3) is 5.91 Å². The Morgan fingerprint density at radius 3 is 2.41 bits per heavy atom. The van der Waals surface area contributed by atoms with Crippen LogP contribution in [-0.2, 0) is 28.9 Å². The fourth-order valence-electron chi connectivity index (χ4n) is 5.65. The zero-order valence-electron chi connectivity index (χ0n) is 20.5. The van der Waals surface area contributed by atoms with Gasteiger partial charge in [0.1, 0.15) is 6.54 Å². The van der Waals surface area contributed by atoms with Gasteiger partial charge < -0.3 is 19.4 Å². The maximum Gasteiger partial charge on any atom is 0.274 e. The molecule has 0 unspecified atom stereocenters. The predicted octanol–water partition coefficient (Wildman–Crippen LogP) is 2.28. The average Bonchev–Trinajstić information content (AvgIpc) is 3.42. The van der Waals surface area contributed by atoms with E-state index < -0.39 is 0 Å². The summed E-state index contributed by atoms with van der Waals surface area (Å²) < 4.78 is 7.59. The van der Waals surface area contributed by atoms with Crippen molar-refractivity contribution in [1.29, 1.82) is 0 Å². The zero-order valence-corrected chi connectivity index (χ0v) is 20.5. The van der Waals surface area contributed by atoms with E-state index in [-0.39, 0.29) is 30.6 Å². The van der Waals surface area contributed by atoms with Crippen LogP contribution in [-0.4, -0.2) is 82.9 Å². The summed E-state index contributed by atoms with van der Waals surface area (Å²) in [4.78, 5) is 32.7. The molecule has 0 saturated carbocycles. The molecule has 2 aromatic rings. The van der Waals surface area contributed by atoms with E-state index in [0.717, 1.165) is 43.6 Å². The van der Waals surface area contributed by atoms with Gasteiger partial charge in [-0.25, -0.2) is 0 Å². The summed E-state index contributed by atoms with van der Waals surface area (Å²) in [5.41, 5.74) is 5.13. The quantitative estimate of drug-likeness (QED) is 0.693. The molecule has 1 aromatic heterocycles. The normalized spacial score (nSPS) is 22.7. The highest BCUT2D eigenvalue weighted by atomic mass is 16.5.